The van der Waals surface area contributed by atoms with Gasteiger partial charge in [0.05, 0.1) is 6.04 Å². The molecule has 1 unspecified atom stereocenters. The summed E-state index contributed by atoms with van der Waals surface area (Å²) in [5, 5.41) is 6.06. The highest BCUT2D eigenvalue weighted by Crippen LogP contribution is 2.16. The predicted molar refractivity (Wildman–Crippen MR) is 69.8 cm³/mol. The van der Waals surface area contributed by atoms with E-state index in [9.17, 15) is 9.59 Å². The van der Waals surface area contributed by atoms with Gasteiger partial charge in [-0.3, -0.25) is 4.79 Å². The van der Waals surface area contributed by atoms with E-state index >= 15 is 0 Å². The second-order valence-electron chi connectivity index (χ2n) is 4.91. The van der Waals surface area contributed by atoms with Crippen LogP contribution in [0.3, 0.4) is 0 Å². The maximum Gasteiger partial charge on any atom is 0.320 e. The van der Waals surface area contributed by atoms with E-state index in [1.165, 1.54) is 0 Å². The molecule has 0 saturated carbocycles. The first-order chi connectivity index (χ1) is 9.22. The van der Waals surface area contributed by atoms with E-state index in [-0.39, 0.29) is 24.5 Å². The fraction of sp³-hybridized carbons (Fsp3) is 0.833. The lowest BCUT2D eigenvalue weighted by Crippen LogP contribution is -2.50. The van der Waals surface area contributed by atoms with Gasteiger partial charge in [0.2, 0.25) is 5.91 Å². The van der Waals surface area contributed by atoms with Gasteiger partial charge >= 0.3 is 6.03 Å². The maximum atomic E-state index is 12.1. The average Bonchev–Trinajstić information content (AvgIpc) is 2.72. The summed E-state index contributed by atoms with van der Waals surface area (Å²) in [6, 6.07) is 0.195. The number of fused-ring (bicyclic) bond motifs is 1. The number of hydrogen-bond donors (Lipinski definition) is 2. The Kier molecular flexibility index (Phi) is 4.98. The third-order valence-corrected chi connectivity index (χ3v) is 3.48. The number of rotatable bonds is 6. The molecule has 0 aliphatic carbocycles. The van der Waals surface area contributed by atoms with Crippen LogP contribution in [0.25, 0.3) is 0 Å². The van der Waals surface area contributed by atoms with Gasteiger partial charge in [0, 0.05) is 46.4 Å². The van der Waals surface area contributed by atoms with Gasteiger partial charge < -0.3 is 25.2 Å². The predicted octanol–water partition coefficient (Wildman–Crippen LogP) is -1.15. The molecule has 0 bridgehead atoms. The molecule has 2 fully saturated rings. The molecule has 108 valence electrons. The molecule has 0 aromatic carbocycles. The Balaban J connectivity index is 1.73. The molecule has 0 radical (unpaired) electrons. The smallest absolute Gasteiger partial charge is 0.320 e. The minimum absolute atomic E-state index is 0.0152. The monoisotopic (exact) mass is 270 g/mol. The normalized spacial score (nSPS) is 22.6. The Morgan fingerprint density at radius 3 is 3.16 bits per heavy atom. The van der Waals surface area contributed by atoms with Crippen molar-refractivity contribution in [1.82, 2.24) is 20.4 Å². The number of hydrogen-bond acceptors (Lipinski definition) is 4. The Hall–Kier alpha value is -1.34. The largest absolute Gasteiger partial charge is 0.385 e. The molecule has 2 aliphatic rings. The molecule has 0 aromatic rings. The van der Waals surface area contributed by atoms with Gasteiger partial charge in [-0.2, -0.15) is 0 Å². The number of amides is 3. The quantitative estimate of drug-likeness (QED) is 0.598. The lowest BCUT2D eigenvalue weighted by Gasteiger charge is -2.28. The van der Waals surface area contributed by atoms with Crippen LogP contribution in [0, 0.1) is 0 Å². The minimum atomic E-state index is -0.0998. The number of carbonyl (C=O) groups is 2. The third-order valence-electron chi connectivity index (χ3n) is 3.48. The third kappa shape index (κ3) is 3.57. The Morgan fingerprint density at radius 2 is 2.42 bits per heavy atom. The molecular weight excluding hydrogens is 248 g/mol. The topological polar surface area (TPSA) is 73.9 Å². The van der Waals surface area contributed by atoms with Crippen LogP contribution in [0.1, 0.15) is 6.42 Å². The van der Waals surface area contributed by atoms with Crippen LogP contribution in [-0.4, -0.2) is 80.8 Å². The van der Waals surface area contributed by atoms with Gasteiger partial charge in [0.25, 0.3) is 0 Å². The SMILES string of the molecule is COCCCNC(=O)CN1CC2CNCCN2C1=O. The average molecular weight is 270 g/mol. The first-order valence-corrected chi connectivity index (χ1v) is 6.74. The van der Waals surface area contributed by atoms with E-state index in [0.29, 0.717) is 19.7 Å². The number of methoxy groups -OCH3 is 1. The van der Waals surface area contributed by atoms with Crippen LogP contribution in [0.2, 0.25) is 0 Å². The van der Waals surface area contributed by atoms with E-state index in [1.54, 1.807) is 12.0 Å². The van der Waals surface area contributed by atoms with Crippen LogP contribution in [0.4, 0.5) is 4.79 Å². The summed E-state index contributed by atoms with van der Waals surface area (Å²) < 4.78 is 4.91. The van der Waals surface area contributed by atoms with Crippen molar-refractivity contribution in [2.75, 3.05) is 53.0 Å². The van der Waals surface area contributed by atoms with Gasteiger partial charge in [-0.25, -0.2) is 4.79 Å². The molecule has 3 amide bonds. The van der Waals surface area contributed by atoms with Gasteiger partial charge in [0.1, 0.15) is 6.54 Å². The lowest BCUT2D eigenvalue weighted by molar-refractivity contribution is -0.121. The molecule has 0 spiro atoms. The van der Waals surface area contributed by atoms with E-state index in [2.05, 4.69) is 10.6 Å². The highest BCUT2D eigenvalue weighted by atomic mass is 16.5. The van der Waals surface area contributed by atoms with Crippen LogP contribution >= 0.6 is 0 Å². The molecule has 1 atom stereocenters. The summed E-state index contributed by atoms with van der Waals surface area (Å²) in [4.78, 5) is 27.3. The Morgan fingerprint density at radius 1 is 1.58 bits per heavy atom. The number of piperazine rings is 1. The van der Waals surface area contributed by atoms with E-state index in [1.807, 2.05) is 4.90 Å². The van der Waals surface area contributed by atoms with Crippen LogP contribution in [0.15, 0.2) is 0 Å². The number of ether oxygens (including phenoxy) is 1. The first kappa shape index (κ1) is 14.1. The summed E-state index contributed by atoms with van der Waals surface area (Å²) in [7, 11) is 1.63. The number of urea groups is 1. The van der Waals surface area contributed by atoms with Crippen molar-refractivity contribution >= 4 is 11.9 Å². The summed E-state index contributed by atoms with van der Waals surface area (Å²) >= 11 is 0. The van der Waals surface area contributed by atoms with E-state index in [0.717, 1.165) is 26.1 Å². The number of nitrogens with one attached hydrogen (secondary N) is 2. The summed E-state index contributed by atoms with van der Waals surface area (Å²) in [6.45, 7) is 4.39. The molecule has 2 heterocycles. The zero-order valence-corrected chi connectivity index (χ0v) is 11.4. The number of carbonyl (C=O) groups excluding carboxylic acids is 2. The van der Waals surface area contributed by atoms with E-state index in [4.69, 9.17) is 4.74 Å². The molecule has 2 saturated heterocycles. The van der Waals surface area contributed by atoms with Crippen molar-refractivity contribution in [2.45, 2.75) is 12.5 Å². The highest BCUT2D eigenvalue weighted by Gasteiger charge is 2.38. The van der Waals surface area contributed by atoms with Crippen molar-refractivity contribution in [1.29, 1.82) is 0 Å². The summed E-state index contributed by atoms with van der Waals surface area (Å²) in [5.41, 5.74) is 0. The standard InChI is InChI=1S/C12H22N4O3/c1-19-6-2-3-14-11(17)9-15-8-10-7-13-4-5-16(10)12(15)18/h10,13H,2-9H2,1H3,(H,14,17). The van der Waals surface area contributed by atoms with Crippen LogP contribution in [-0.2, 0) is 9.53 Å². The highest BCUT2D eigenvalue weighted by molar-refractivity contribution is 5.85. The first-order valence-electron chi connectivity index (χ1n) is 6.74. The summed E-state index contributed by atoms with van der Waals surface area (Å²) in [5.74, 6) is -0.0998. The molecule has 19 heavy (non-hydrogen) atoms. The Labute approximate surface area is 113 Å². The lowest BCUT2D eigenvalue weighted by atomic mass is 10.2. The van der Waals surface area contributed by atoms with Crippen molar-refractivity contribution in [3.8, 4) is 0 Å². The van der Waals surface area contributed by atoms with Crippen molar-refractivity contribution in [3.05, 3.63) is 0 Å². The van der Waals surface area contributed by atoms with Crippen molar-refractivity contribution in [2.24, 2.45) is 0 Å². The fourth-order valence-corrected chi connectivity index (χ4v) is 2.50. The van der Waals surface area contributed by atoms with Gasteiger partial charge in [-0.1, -0.05) is 0 Å². The Bertz CT molecular complexity index is 337. The molecule has 2 aliphatic heterocycles. The summed E-state index contributed by atoms with van der Waals surface area (Å²) in [6.07, 6.45) is 0.787. The fourth-order valence-electron chi connectivity index (χ4n) is 2.50. The van der Waals surface area contributed by atoms with Crippen LogP contribution < -0.4 is 10.6 Å². The molecule has 7 heteroatoms. The van der Waals surface area contributed by atoms with Crippen LogP contribution in [0.5, 0.6) is 0 Å². The van der Waals surface area contributed by atoms with Crippen molar-refractivity contribution < 1.29 is 14.3 Å². The molecule has 0 aromatic heterocycles. The minimum Gasteiger partial charge on any atom is -0.385 e. The molecule has 2 N–H and O–H groups in total. The van der Waals surface area contributed by atoms with E-state index < -0.39 is 0 Å². The molecule has 2 rings (SSSR count). The zero-order valence-electron chi connectivity index (χ0n) is 11.4. The maximum absolute atomic E-state index is 12.1. The van der Waals surface area contributed by atoms with Gasteiger partial charge in [0.15, 0.2) is 0 Å². The second-order valence-corrected chi connectivity index (χ2v) is 4.91. The molecular formula is C12H22N4O3. The van der Waals surface area contributed by atoms with Gasteiger partial charge in [-0.05, 0) is 6.42 Å². The van der Waals surface area contributed by atoms with Crippen molar-refractivity contribution in [3.63, 3.8) is 0 Å². The zero-order chi connectivity index (χ0) is 13.7. The van der Waals surface area contributed by atoms with Gasteiger partial charge in [-0.15, -0.1) is 0 Å². The second kappa shape index (κ2) is 6.72. The number of nitrogens with zero attached hydrogens (tertiary/aromatic N) is 2. The molecule has 7 nitrogen and oxygen atoms in total.